The molecule has 1 rings (SSSR count). The van der Waals surface area contributed by atoms with E-state index in [4.69, 9.17) is 34.5 Å². The molecule has 0 radical (unpaired) electrons. The first-order valence-corrected chi connectivity index (χ1v) is 5.07. The molecule has 4 heteroatoms. The maximum absolute atomic E-state index is 5.95. The first kappa shape index (κ1) is 11.0. The van der Waals surface area contributed by atoms with Crippen molar-refractivity contribution in [3.8, 4) is 0 Å². The number of benzene rings is 1. The van der Waals surface area contributed by atoms with Crippen LogP contribution >= 0.6 is 34.5 Å². The third-order valence-electron chi connectivity index (χ3n) is 1.60. The minimum atomic E-state index is -0.561. The Hall–Kier alpha value is -0.105. The van der Waals surface area contributed by atoms with Crippen LogP contribution in [0.15, 0.2) is 30.2 Å². The van der Waals surface area contributed by atoms with Crippen LogP contribution in [-0.4, -0.2) is 5.54 Å². The minimum absolute atomic E-state index is 0.561. The van der Waals surface area contributed by atoms with Gasteiger partial charge in [-0.1, -0.05) is 47.4 Å². The van der Waals surface area contributed by atoms with Crippen molar-refractivity contribution in [1.29, 1.82) is 0 Å². The van der Waals surface area contributed by atoms with Gasteiger partial charge in [-0.2, -0.15) is 22.9 Å². The number of halogens is 3. The second kappa shape index (κ2) is 4.95. The first-order chi connectivity index (χ1) is 6.09. The third-order valence-corrected chi connectivity index (χ3v) is 2.20. The van der Waals surface area contributed by atoms with Crippen LogP contribution in [0.2, 0.25) is 0 Å². The van der Waals surface area contributed by atoms with Gasteiger partial charge < -0.3 is 0 Å². The fraction of sp³-hybridized carbons (Fsp3) is 0.111. The second-order valence-electron chi connectivity index (χ2n) is 2.72. The molecule has 13 heavy (non-hydrogen) atoms. The predicted octanol–water partition coefficient (Wildman–Crippen LogP) is 4.08. The summed E-state index contributed by atoms with van der Waals surface area (Å²) in [5.74, 6) is 1.59. The number of rotatable bonds is 2. The highest BCUT2D eigenvalue weighted by Crippen LogP contribution is 2.20. The summed E-state index contributed by atoms with van der Waals surface area (Å²) < 4.78 is 0. The molecule has 0 saturated heterocycles. The second-order valence-corrected chi connectivity index (χ2v) is 4.29. The molecule has 0 unspecified atom stereocenters. The Balaban J connectivity index is 2.89. The average Bonchev–Trinajstić information content (AvgIpc) is 2.04. The van der Waals surface area contributed by atoms with E-state index in [1.54, 1.807) is 5.98 Å². The van der Waals surface area contributed by atoms with Crippen molar-refractivity contribution < 1.29 is 0 Å². The van der Waals surface area contributed by atoms with Gasteiger partial charge in [0.15, 0.2) is 0 Å². The van der Waals surface area contributed by atoms with Crippen LogP contribution in [-0.2, 0) is 0 Å². The summed E-state index contributed by atoms with van der Waals surface area (Å²) in [7, 11) is 0. The fourth-order valence-corrected chi connectivity index (χ4v) is 1.55. The van der Waals surface area contributed by atoms with Crippen molar-refractivity contribution in [3.05, 3.63) is 41.4 Å². The standard InChI is InChI=1S/C9H8BCl3/c1-7-2-4-8(5-3-7)9(11)6-10(12)13/h2-6H,1H3/b9-6-. The Kier molecular flexibility index (Phi) is 4.18. The van der Waals surface area contributed by atoms with E-state index in [2.05, 4.69) is 0 Å². The van der Waals surface area contributed by atoms with Crippen molar-refractivity contribution in [3.63, 3.8) is 0 Å². The lowest BCUT2D eigenvalue weighted by atomic mass is 10.0. The highest BCUT2D eigenvalue weighted by atomic mass is 35.5. The molecule has 0 bridgehead atoms. The van der Waals surface area contributed by atoms with Crippen molar-refractivity contribution in [2.75, 3.05) is 0 Å². The van der Waals surface area contributed by atoms with Gasteiger partial charge in [0.05, 0.1) is 0 Å². The average molecular weight is 233 g/mol. The van der Waals surface area contributed by atoms with Crippen LogP contribution in [0.25, 0.3) is 5.03 Å². The van der Waals surface area contributed by atoms with Crippen LogP contribution in [0.3, 0.4) is 0 Å². The maximum atomic E-state index is 5.95. The monoisotopic (exact) mass is 232 g/mol. The molecule has 0 aliphatic carbocycles. The molecule has 0 amide bonds. The number of aryl methyl sites for hydroxylation is 1. The Morgan fingerprint density at radius 1 is 1.23 bits per heavy atom. The van der Waals surface area contributed by atoms with Crippen molar-refractivity contribution in [1.82, 2.24) is 0 Å². The maximum Gasteiger partial charge on any atom is 0.377 e. The molecule has 0 atom stereocenters. The molecule has 0 heterocycles. The van der Waals surface area contributed by atoms with E-state index in [1.807, 2.05) is 31.2 Å². The van der Waals surface area contributed by atoms with Gasteiger partial charge in [-0.25, -0.2) is 0 Å². The molecule has 68 valence electrons. The number of hydrogen-bond donors (Lipinski definition) is 0. The summed E-state index contributed by atoms with van der Waals surface area (Å²) in [6.07, 6.45) is 0. The van der Waals surface area contributed by atoms with Gasteiger partial charge in [-0.3, -0.25) is 0 Å². The van der Waals surface area contributed by atoms with Gasteiger partial charge in [-0.15, -0.1) is 0 Å². The Morgan fingerprint density at radius 2 is 1.77 bits per heavy atom. The molecule has 0 spiro atoms. The lowest BCUT2D eigenvalue weighted by molar-refractivity contribution is 1.46. The van der Waals surface area contributed by atoms with Crippen molar-refractivity contribution in [2.24, 2.45) is 0 Å². The number of hydrogen-bond acceptors (Lipinski definition) is 0. The third kappa shape index (κ3) is 3.64. The highest BCUT2D eigenvalue weighted by Gasteiger charge is 2.04. The molecule has 0 aromatic heterocycles. The van der Waals surface area contributed by atoms with Crippen molar-refractivity contribution in [2.45, 2.75) is 6.92 Å². The molecule has 0 aliphatic heterocycles. The summed E-state index contributed by atoms with van der Waals surface area (Å²) in [5, 5.41) is 0.579. The summed E-state index contributed by atoms with van der Waals surface area (Å²) >= 11 is 17.1. The van der Waals surface area contributed by atoms with E-state index in [1.165, 1.54) is 5.56 Å². The lowest BCUT2D eigenvalue weighted by Crippen LogP contribution is -1.87. The molecule has 1 aromatic carbocycles. The van der Waals surface area contributed by atoms with E-state index in [0.29, 0.717) is 5.03 Å². The van der Waals surface area contributed by atoms with E-state index in [0.717, 1.165) is 5.56 Å². The summed E-state index contributed by atoms with van der Waals surface area (Å²) in [6, 6.07) is 7.85. The summed E-state index contributed by atoms with van der Waals surface area (Å²) in [6.45, 7) is 2.02. The van der Waals surface area contributed by atoms with Crippen LogP contribution < -0.4 is 0 Å². The molecule has 0 aliphatic rings. The van der Waals surface area contributed by atoms with E-state index in [9.17, 15) is 0 Å². The zero-order valence-electron chi connectivity index (χ0n) is 7.10. The lowest BCUT2D eigenvalue weighted by Gasteiger charge is -1.99. The van der Waals surface area contributed by atoms with Gasteiger partial charge >= 0.3 is 5.54 Å². The molecular weight excluding hydrogens is 225 g/mol. The summed E-state index contributed by atoms with van der Waals surface area (Å²) in [5.41, 5.74) is 1.56. The minimum Gasteiger partial charge on any atom is -0.165 e. The first-order valence-electron chi connectivity index (χ1n) is 3.82. The Morgan fingerprint density at radius 3 is 2.23 bits per heavy atom. The Labute approximate surface area is 93.4 Å². The highest BCUT2D eigenvalue weighted by molar-refractivity contribution is 7.36. The Bertz CT molecular complexity index is 303. The SMILES string of the molecule is Cc1ccc(/C(Cl)=C/B(Cl)Cl)cc1. The molecule has 0 fully saturated rings. The molecule has 0 saturated carbocycles. The van der Waals surface area contributed by atoms with Crippen LogP contribution in [0.4, 0.5) is 0 Å². The van der Waals surface area contributed by atoms with Gasteiger partial charge in [0.1, 0.15) is 0 Å². The zero-order chi connectivity index (χ0) is 9.84. The van der Waals surface area contributed by atoms with Crippen LogP contribution in [0, 0.1) is 6.92 Å². The predicted molar refractivity (Wildman–Crippen MR) is 62.5 cm³/mol. The van der Waals surface area contributed by atoms with E-state index in [-0.39, 0.29) is 0 Å². The molecular formula is C9H8BCl3. The zero-order valence-corrected chi connectivity index (χ0v) is 9.37. The topological polar surface area (TPSA) is 0 Å². The van der Waals surface area contributed by atoms with Crippen molar-refractivity contribution >= 4 is 45.1 Å². The van der Waals surface area contributed by atoms with Gasteiger partial charge in [-0.05, 0) is 12.5 Å². The fourth-order valence-electron chi connectivity index (χ4n) is 0.920. The smallest absolute Gasteiger partial charge is 0.165 e. The van der Waals surface area contributed by atoms with Gasteiger partial charge in [0.2, 0.25) is 0 Å². The van der Waals surface area contributed by atoms with Crippen LogP contribution in [0.1, 0.15) is 11.1 Å². The van der Waals surface area contributed by atoms with Gasteiger partial charge in [0.25, 0.3) is 0 Å². The van der Waals surface area contributed by atoms with Crippen LogP contribution in [0.5, 0.6) is 0 Å². The summed E-state index contributed by atoms with van der Waals surface area (Å²) in [4.78, 5) is 0. The molecule has 1 aromatic rings. The van der Waals surface area contributed by atoms with Gasteiger partial charge in [0, 0.05) is 5.03 Å². The largest absolute Gasteiger partial charge is 0.377 e. The normalized spacial score (nSPS) is 11.5. The quantitative estimate of drug-likeness (QED) is 0.675. The van der Waals surface area contributed by atoms with E-state index >= 15 is 0 Å². The molecule has 0 nitrogen and oxygen atoms in total. The van der Waals surface area contributed by atoms with E-state index < -0.39 is 5.54 Å². The molecule has 0 N–H and O–H groups in total.